The molecule has 6 rings (SSSR count). The van der Waals surface area contributed by atoms with Crippen LogP contribution < -0.4 is 4.90 Å². The van der Waals surface area contributed by atoms with E-state index in [0.29, 0.717) is 0 Å². The summed E-state index contributed by atoms with van der Waals surface area (Å²) in [5, 5.41) is 5.37. The van der Waals surface area contributed by atoms with E-state index in [1.54, 1.807) is 6.20 Å². The number of piperazine rings is 1. The molecule has 2 aromatic heterocycles. The molecule has 0 atom stereocenters. The van der Waals surface area contributed by atoms with Crippen LogP contribution in [0.1, 0.15) is 28.8 Å². The van der Waals surface area contributed by atoms with E-state index in [0.717, 1.165) is 68.2 Å². The Balaban J connectivity index is 1.09. The van der Waals surface area contributed by atoms with E-state index >= 15 is 0 Å². The average molecular weight is 403 g/mol. The minimum absolute atomic E-state index is 0.142. The summed E-state index contributed by atoms with van der Waals surface area (Å²) in [5.74, 6) is 1.08. The zero-order valence-corrected chi connectivity index (χ0v) is 17.0. The molecule has 2 fully saturated rings. The van der Waals surface area contributed by atoms with Crippen molar-refractivity contribution in [2.45, 2.75) is 18.3 Å². The smallest absolute Gasteiger partial charge is 0.255 e. The zero-order valence-electron chi connectivity index (χ0n) is 17.0. The fourth-order valence-corrected chi connectivity index (χ4v) is 5.02. The van der Waals surface area contributed by atoms with Gasteiger partial charge >= 0.3 is 0 Å². The highest BCUT2D eigenvalue weighted by molar-refractivity contribution is 5.97. The molecule has 2 aliphatic heterocycles. The molecule has 1 amide bonds. The van der Waals surface area contributed by atoms with Crippen LogP contribution >= 0.6 is 0 Å². The van der Waals surface area contributed by atoms with Crippen molar-refractivity contribution < 1.29 is 9.32 Å². The van der Waals surface area contributed by atoms with Crippen LogP contribution in [0.5, 0.6) is 0 Å². The summed E-state index contributed by atoms with van der Waals surface area (Å²) in [6, 6.07) is 10.1. The van der Waals surface area contributed by atoms with Crippen LogP contribution in [0.4, 0.5) is 5.82 Å². The van der Waals surface area contributed by atoms with Crippen molar-refractivity contribution >= 4 is 22.7 Å². The molecule has 7 heteroatoms. The van der Waals surface area contributed by atoms with Crippen molar-refractivity contribution in [2.24, 2.45) is 0 Å². The number of rotatable bonds is 4. The molecule has 3 aliphatic rings. The number of nitrogens with zero attached hydrogens (tertiary/aromatic N) is 5. The fourth-order valence-electron chi connectivity index (χ4n) is 5.02. The Bertz CT molecular complexity index is 1100. The number of hydrogen-bond donors (Lipinski definition) is 0. The molecule has 1 aromatic carbocycles. The second kappa shape index (κ2) is 6.80. The highest BCUT2D eigenvalue weighted by Crippen LogP contribution is 2.52. The van der Waals surface area contributed by atoms with Crippen molar-refractivity contribution in [3.05, 3.63) is 53.9 Å². The SMILES string of the molecule is O=C1c2cnccc2C2(CC2)CN1CCN1CCN(c2noc3ccccc23)CC1. The van der Waals surface area contributed by atoms with Gasteiger partial charge in [-0.05, 0) is 36.6 Å². The van der Waals surface area contributed by atoms with E-state index in [1.807, 2.05) is 30.5 Å². The molecule has 154 valence electrons. The van der Waals surface area contributed by atoms with Gasteiger partial charge in [0.25, 0.3) is 5.91 Å². The predicted molar refractivity (Wildman–Crippen MR) is 114 cm³/mol. The fraction of sp³-hybridized carbons (Fsp3) is 0.435. The van der Waals surface area contributed by atoms with Crippen molar-refractivity contribution in [2.75, 3.05) is 50.7 Å². The Morgan fingerprint density at radius 3 is 2.70 bits per heavy atom. The number of pyridine rings is 1. The number of amides is 1. The second-order valence-corrected chi connectivity index (χ2v) is 8.76. The van der Waals surface area contributed by atoms with E-state index in [1.165, 1.54) is 18.4 Å². The van der Waals surface area contributed by atoms with Gasteiger partial charge in [0.05, 0.1) is 10.9 Å². The summed E-state index contributed by atoms with van der Waals surface area (Å²) in [7, 11) is 0. The first-order valence-electron chi connectivity index (χ1n) is 10.8. The van der Waals surface area contributed by atoms with Gasteiger partial charge in [-0.15, -0.1) is 0 Å². The van der Waals surface area contributed by atoms with Gasteiger partial charge in [0.1, 0.15) is 0 Å². The Hall–Kier alpha value is -2.93. The number of fused-ring (bicyclic) bond motifs is 3. The van der Waals surface area contributed by atoms with Gasteiger partial charge in [-0.25, -0.2) is 0 Å². The lowest BCUT2D eigenvalue weighted by atomic mass is 9.88. The number of carbonyl (C=O) groups is 1. The zero-order chi connectivity index (χ0) is 20.1. The predicted octanol–water partition coefficient (Wildman–Crippen LogP) is 2.53. The van der Waals surface area contributed by atoms with Gasteiger partial charge in [-0.3, -0.25) is 14.7 Å². The molecule has 1 saturated heterocycles. The maximum absolute atomic E-state index is 13.0. The monoisotopic (exact) mass is 403 g/mol. The Morgan fingerprint density at radius 2 is 1.87 bits per heavy atom. The maximum Gasteiger partial charge on any atom is 0.255 e. The topological polar surface area (TPSA) is 65.7 Å². The Morgan fingerprint density at radius 1 is 1.03 bits per heavy atom. The van der Waals surface area contributed by atoms with Crippen molar-refractivity contribution in [1.29, 1.82) is 0 Å². The first-order valence-corrected chi connectivity index (χ1v) is 10.8. The lowest BCUT2D eigenvalue weighted by Crippen LogP contribution is -2.51. The molecular weight excluding hydrogens is 378 g/mol. The Labute approximate surface area is 175 Å². The van der Waals surface area contributed by atoms with Gasteiger partial charge in [0.2, 0.25) is 0 Å². The quantitative estimate of drug-likeness (QED) is 0.667. The van der Waals surface area contributed by atoms with E-state index in [4.69, 9.17) is 4.52 Å². The van der Waals surface area contributed by atoms with Gasteiger partial charge < -0.3 is 14.3 Å². The summed E-state index contributed by atoms with van der Waals surface area (Å²) in [5.41, 5.74) is 3.05. The van der Waals surface area contributed by atoms with Gasteiger partial charge in [0, 0.05) is 63.6 Å². The van der Waals surface area contributed by atoms with E-state index in [9.17, 15) is 4.79 Å². The molecule has 1 aliphatic carbocycles. The molecule has 0 bridgehead atoms. The summed E-state index contributed by atoms with van der Waals surface area (Å²) in [4.78, 5) is 24.0. The number of benzene rings is 1. The van der Waals surface area contributed by atoms with Crippen molar-refractivity contribution in [1.82, 2.24) is 19.9 Å². The van der Waals surface area contributed by atoms with Crippen LogP contribution in [-0.4, -0.2) is 71.7 Å². The summed E-state index contributed by atoms with van der Waals surface area (Å²) < 4.78 is 5.47. The van der Waals surface area contributed by atoms with E-state index in [2.05, 4.69) is 30.9 Å². The highest BCUT2D eigenvalue weighted by atomic mass is 16.5. The standard InChI is InChI=1S/C23H25N5O2/c29-22-18-15-24-8-5-19(18)23(6-7-23)16-28(22)14-11-26-9-12-27(13-10-26)21-17-3-1-2-4-20(17)30-25-21/h1-5,8,15H,6-7,9-14,16H2. The molecule has 7 nitrogen and oxygen atoms in total. The van der Waals surface area contributed by atoms with E-state index in [-0.39, 0.29) is 11.3 Å². The molecule has 0 radical (unpaired) electrons. The highest BCUT2D eigenvalue weighted by Gasteiger charge is 2.51. The van der Waals surface area contributed by atoms with Crippen molar-refractivity contribution in [3.8, 4) is 0 Å². The number of carbonyl (C=O) groups excluding carboxylic acids is 1. The maximum atomic E-state index is 13.0. The third-order valence-electron chi connectivity index (χ3n) is 6.97. The summed E-state index contributed by atoms with van der Waals surface area (Å²) in [6.45, 7) is 6.31. The van der Waals surface area contributed by atoms with Gasteiger partial charge in [0.15, 0.2) is 11.4 Å². The molecule has 1 saturated carbocycles. The summed E-state index contributed by atoms with van der Waals surface area (Å²) >= 11 is 0. The summed E-state index contributed by atoms with van der Waals surface area (Å²) in [6.07, 6.45) is 5.93. The number of aromatic nitrogens is 2. The number of anilines is 1. The third kappa shape index (κ3) is 2.88. The lowest BCUT2D eigenvalue weighted by Gasteiger charge is -2.38. The molecule has 0 N–H and O–H groups in total. The molecule has 4 heterocycles. The normalized spacial score (nSPS) is 20.7. The van der Waals surface area contributed by atoms with Crippen LogP contribution in [0, 0.1) is 0 Å². The van der Waals surface area contributed by atoms with Crippen LogP contribution in [0.3, 0.4) is 0 Å². The average Bonchev–Trinajstić information content (AvgIpc) is 3.44. The number of para-hydroxylation sites is 1. The third-order valence-corrected chi connectivity index (χ3v) is 6.97. The van der Waals surface area contributed by atoms with Crippen LogP contribution in [0.15, 0.2) is 47.2 Å². The van der Waals surface area contributed by atoms with Gasteiger partial charge in [-0.1, -0.05) is 17.3 Å². The van der Waals surface area contributed by atoms with E-state index < -0.39 is 0 Å². The van der Waals surface area contributed by atoms with Crippen LogP contribution in [0.25, 0.3) is 11.0 Å². The molecule has 1 spiro atoms. The second-order valence-electron chi connectivity index (χ2n) is 8.76. The lowest BCUT2D eigenvalue weighted by molar-refractivity contribution is 0.0687. The Kier molecular flexibility index (Phi) is 4.06. The van der Waals surface area contributed by atoms with Crippen molar-refractivity contribution in [3.63, 3.8) is 0 Å². The van der Waals surface area contributed by atoms with Crippen LogP contribution in [-0.2, 0) is 5.41 Å². The number of hydrogen-bond acceptors (Lipinski definition) is 6. The first-order chi connectivity index (χ1) is 14.7. The molecule has 3 aromatic rings. The molecule has 0 unspecified atom stereocenters. The van der Waals surface area contributed by atoms with Gasteiger partial charge in [-0.2, -0.15) is 0 Å². The largest absolute Gasteiger partial charge is 0.354 e. The molecular formula is C23H25N5O2. The molecule has 30 heavy (non-hydrogen) atoms. The van der Waals surface area contributed by atoms with Crippen LogP contribution in [0.2, 0.25) is 0 Å². The minimum Gasteiger partial charge on any atom is -0.354 e. The first kappa shape index (κ1) is 17.9. The minimum atomic E-state index is 0.142.